The number of hydrogen-bond donors (Lipinski definition) is 0. The molecule has 7 heteroatoms. The Morgan fingerprint density at radius 2 is 1.90 bits per heavy atom. The van der Waals surface area contributed by atoms with Crippen LogP contribution in [0.15, 0.2) is 47.1 Å². The second kappa shape index (κ2) is 7.16. The van der Waals surface area contributed by atoms with Crippen molar-refractivity contribution >= 4 is 22.6 Å². The third kappa shape index (κ3) is 3.18. The standard InChI is InChI=1S/C22H23N5O2/c1-13(2)27-21-18(12-23-27)17(11-19(24-21)16-9-7-6-8-10-16)22(28)26(5)20-14(3)25-29-15(20)4/h6-13H,1-5H3. The molecule has 1 amide bonds. The monoisotopic (exact) mass is 389 g/mol. The van der Waals surface area contributed by atoms with E-state index in [1.807, 2.05) is 61.9 Å². The summed E-state index contributed by atoms with van der Waals surface area (Å²) in [6.45, 7) is 7.71. The highest BCUT2D eigenvalue weighted by Crippen LogP contribution is 2.30. The number of nitrogens with zero attached hydrogens (tertiary/aromatic N) is 5. The Balaban J connectivity index is 1.92. The Labute approximate surface area is 168 Å². The molecule has 0 atom stereocenters. The smallest absolute Gasteiger partial charge is 0.259 e. The Morgan fingerprint density at radius 3 is 2.52 bits per heavy atom. The van der Waals surface area contributed by atoms with E-state index < -0.39 is 0 Å². The van der Waals surface area contributed by atoms with Crippen molar-refractivity contribution in [2.24, 2.45) is 0 Å². The van der Waals surface area contributed by atoms with E-state index >= 15 is 0 Å². The van der Waals surface area contributed by atoms with Crippen LogP contribution in [0.4, 0.5) is 5.69 Å². The number of amides is 1. The molecule has 0 bridgehead atoms. The first-order chi connectivity index (χ1) is 13.9. The van der Waals surface area contributed by atoms with Gasteiger partial charge in [0.15, 0.2) is 11.4 Å². The van der Waals surface area contributed by atoms with E-state index in [0.717, 1.165) is 16.6 Å². The molecule has 4 aromatic rings. The highest BCUT2D eigenvalue weighted by molar-refractivity contribution is 6.14. The number of carbonyl (C=O) groups is 1. The van der Waals surface area contributed by atoms with Crippen molar-refractivity contribution in [2.75, 3.05) is 11.9 Å². The maximum absolute atomic E-state index is 13.5. The summed E-state index contributed by atoms with van der Waals surface area (Å²) >= 11 is 0. The lowest BCUT2D eigenvalue weighted by atomic mass is 10.1. The molecule has 0 N–H and O–H groups in total. The molecule has 0 fully saturated rings. The van der Waals surface area contributed by atoms with Crippen LogP contribution in [0.25, 0.3) is 22.3 Å². The third-order valence-corrected chi connectivity index (χ3v) is 4.99. The fraction of sp³-hybridized carbons (Fsp3) is 0.273. The van der Waals surface area contributed by atoms with Gasteiger partial charge in [-0.25, -0.2) is 9.67 Å². The largest absolute Gasteiger partial charge is 0.359 e. The summed E-state index contributed by atoms with van der Waals surface area (Å²) in [6, 6.07) is 11.8. The van der Waals surface area contributed by atoms with Gasteiger partial charge in [-0.2, -0.15) is 5.10 Å². The highest BCUT2D eigenvalue weighted by Gasteiger charge is 2.25. The van der Waals surface area contributed by atoms with Crippen molar-refractivity contribution in [1.82, 2.24) is 19.9 Å². The molecule has 0 saturated carbocycles. The number of fused-ring (bicyclic) bond motifs is 1. The molecular formula is C22H23N5O2. The van der Waals surface area contributed by atoms with Crippen LogP contribution in [0, 0.1) is 13.8 Å². The SMILES string of the molecule is Cc1noc(C)c1N(C)C(=O)c1cc(-c2ccccc2)nc2c1cnn2C(C)C. The minimum Gasteiger partial charge on any atom is -0.359 e. The summed E-state index contributed by atoms with van der Waals surface area (Å²) in [5.74, 6) is 0.442. The van der Waals surface area contributed by atoms with Gasteiger partial charge < -0.3 is 9.42 Å². The molecule has 0 unspecified atom stereocenters. The summed E-state index contributed by atoms with van der Waals surface area (Å²) < 4.78 is 7.09. The number of carbonyl (C=O) groups excluding carboxylic acids is 1. The molecule has 148 valence electrons. The molecular weight excluding hydrogens is 366 g/mol. The van der Waals surface area contributed by atoms with E-state index in [1.165, 1.54) is 0 Å². The van der Waals surface area contributed by atoms with Gasteiger partial charge in [0.1, 0.15) is 11.4 Å². The maximum atomic E-state index is 13.5. The van der Waals surface area contributed by atoms with Crippen molar-refractivity contribution in [1.29, 1.82) is 0 Å². The van der Waals surface area contributed by atoms with Crippen LogP contribution in [0.5, 0.6) is 0 Å². The van der Waals surface area contributed by atoms with Crippen LogP contribution in [-0.2, 0) is 0 Å². The predicted octanol–water partition coefficient (Wildman–Crippen LogP) is 4.56. The van der Waals surface area contributed by atoms with E-state index in [0.29, 0.717) is 28.4 Å². The number of pyridine rings is 1. The quantitative estimate of drug-likeness (QED) is 0.511. The fourth-order valence-electron chi connectivity index (χ4n) is 3.57. The Morgan fingerprint density at radius 1 is 1.17 bits per heavy atom. The molecule has 1 aromatic carbocycles. The Kier molecular flexibility index (Phi) is 4.66. The fourth-order valence-corrected chi connectivity index (χ4v) is 3.57. The van der Waals surface area contributed by atoms with E-state index in [4.69, 9.17) is 9.51 Å². The predicted molar refractivity (Wildman–Crippen MR) is 112 cm³/mol. The molecule has 29 heavy (non-hydrogen) atoms. The second-order valence-corrected chi connectivity index (χ2v) is 7.38. The third-order valence-electron chi connectivity index (χ3n) is 4.99. The summed E-state index contributed by atoms with van der Waals surface area (Å²) in [5.41, 5.74) is 4.26. The van der Waals surface area contributed by atoms with Gasteiger partial charge in [-0.3, -0.25) is 4.79 Å². The van der Waals surface area contributed by atoms with Gasteiger partial charge in [0.2, 0.25) is 0 Å². The summed E-state index contributed by atoms with van der Waals surface area (Å²) in [5, 5.41) is 9.18. The first-order valence-electron chi connectivity index (χ1n) is 9.53. The van der Waals surface area contributed by atoms with Gasteiger partial charge in [-0.1, -0.05) is 35.5 Å². The molecule has 0 aliphatic rings. The highest BCUT2D eigenvalue weighted by atomic mass is 16.5. The van der Waals surface area contributed by atoms with Crippen molar-refractivity contribution in [2.45, 2.75) is 33.7 Å². The van der Waals surface area contributed by atoms with Gasteiger partial charge in [0, 0.05) is 18.7 Å². The van der Waals surface area contributed by atoms with Crippen molar-refractivity contribution in [3.63, 3.8) is 0 Å². The number of anilines is 1. The normalized spacial score (nSPS) is 11.4. The van der Waals surface area contributed by atoms with Gasteiger partial charge in [0.25, 0.3) is 5.91 Å². The summed E-state index contributed by atoms with van der Waals surface area (Å²) in [7, 11) is 1.73. The maximum Gasteiger partial charge on any atom is 0.259 e. The van der Waals surface area contributed by atoms with Gasteiger partial charge >= 0.3 is 0 Å². The van der Waals surface area contributed by atoms with E-state index in [2.05, 4.69) is 10.3 Å². The lowest BCUT2D eigenvalue weighted by Crippen LogP contribution is -2.27. The minimum atomic E-state index is -0.160. The topological polar surface area (TPSA) is 77.1 Å². The van der Waals surface area contributed by atoms with Crippen LogP contribution >= 0.6 is 0 Å². The summed E-state index contributed by atoms with van der Waals surface area (Å²) in [4.78, 5) is 19.9. The Hall–Kier alpha value is -3.48. The minimum absolute atomic E-state index is 0.120. The van der Waals surface area contributed by atoms with E-state index in [1.54, 1.807) is 25.1 Å². The molecule has 0 aliphatic carbocycles. The number of aromatic nitrogens is 4. The average molecular weight is 389 g/mol. The molecule has 3 aromatic heterocycles. The zero-order valence-corrected chi connectivity index (χ0v) is 17.2. The van der Waals surface area contributed by atoms with Gasteiger partial charge in [-0.05, 0) is 33.8 Å². The zero-order chi connectivity index (χ0) is 20.7. The van der Waals surface area contributed by atoms with E-state index in [9.17, 15) is 4.79 Å². The average Bonchev–Trinajstić information content (AvgIpc) is 3.30. The number of benzene rings is 1. The summed E-state index contributed by atoms with van der Waals surface area (Å²) in [6.07, 6.45) is 1.71. The van der Waals surface area contributed by atoms with Crippen LogP contribution in [-0.4, -0.2) is 32.9 Å². The van der Waals surface area contributed by atoms with Crippen molar-refractivity contribution in [3.05, 3.63) is 59.6 Å². The first-order valence-corrected chi connectivity index (χ1v) is 9.53. The lowest BCUT2D eigenvalue weighted by molar-refractivity contribution is 0.0994. The van der Waals surface area contributed by atoms with Crippen LogP contribution in [0.3, 0.4) is 0 Å². The molecule has 0 aliphatic heterocycles. The van der Waals surface area contributed by atoms with Gasteiger partial charge in [0.05, 0.1) is 22.8 Å². The van der Waals surface area contributed by atoms with E-state index in [-0.39, 0.29) is 11.9 Å². The molecule has 3 heterocycles. The van der Waals surface area contributed by atoms with Gasteiger partial charge in [-0.15, -0.1) is 0 Å². The number of hydrogen-bond acceptors (Lipinski definition) is 5. The van der Waals surface area contributed by atoms with Crippen LogP contribution in [0.1, 0.15) is 41.7 Å². The molecule has 0 spiro atoms. The molecule has 0 saturated heterocycles. The molecule has 7 nitrogen and oxygen atoms in total. The zero-order valence-electron chi connectivity index (χ0n) is 17.2. The van der Waals surface area contributed by atoms with Crippen molar-refractivity contribution < 1.29 is 9.32 Å². The number of rotatable bonds is 4. The lowest BCUT2D eigenvalue weighted by Gasteiger charge is -2.18. The molecule has 0 radical (unpaired) electrons. The Bertz CT molecular complexity index is 1170. The first kappa shape index (κ1) is 18.9. The van der Waals surface area contributed by atoms with Crippen LogP contribution in [0.2, 0.25) is 0 Å². The molecule has 4 rings (SSSR count). The van der Waals surface area contributed by atoms with Crippen molar-refractivity contribution in [3.8, 4) is 11.3 Å². The second-order valence-electron chi connectivity index (χ2n) is 7.38. The number of aryl methyl sites for hydroxylation is 2. The van der Waals surface area contributed by atoms with Crippen LogP contribution < -0.4 is 4.90 Å².